The molecule has 0 saturated carbocycles. The first-order valence-corrected chi connectivity index (χ1v) is 6.06. The SMILES string of the molecule is Cc1cnc(C(C)Nc2ccccc2C(N)=S)o1. The monoisotopic (exact) mass is 261 g/mol. The van der Waals surface area contributed by atoms with Gasteiger partial charge in [0.25, 0.3) is 0 Å². The summed E-state index contributed by atoms with van der Waals surface area (Å²) in [6, 6.07) is 7.60. The van der Waals surface area contributed by atoms with Crippen LogP contribution in [0.1, 0.15) is 30.2 Å². The van der Waals surface area contributed by atoms with E-state index in [0.717, 1.165) is 17.0 Å². The molecule has 0 fully saturated rings. The van der Waals surface area contributed by atoms with Crippen molar-refractivity contribution in [2.24, 2.45) is 5.73 Å². The predicted molar refractivity (Wildman–Crippen MR) is 75.6 cm³/mol. The van der Waals surface area contributed by atoms with Crippen LogP contribution in [0.5, 0.6) is 0 Å². The molecule has 18 heavy (non-hydrogen) atoms. The normalized spacial score (nSPS) is 12.1. The highest BCUT2D eigenvalue weighted by molar-refractivity contribution is 7.80. The van der Waals surface area contributed by atoms with Gasteiger partial charge in [0, 0.05) is 11.3 Å². The minimum absolute atomic E-state index is 0.0470. The van der Waals surface area contributed by atoms with E-state index >= 15 is 0 Å². The van der Waals surface area contributed by atoms with Crippen molar-refractivity contribution >= 4 is 22.9 Å². The standard InChI is InChI=1S/C13H15N3OS/c1-8-7-15-13(17-8)9(2)16-11-6-4-3-5-10(11)12(14)18/h3-7,9,16H,1-2H3,(H2,14,18). The molecule has 4 nitrogen and oxygen atoms in total. The number of anilines is 1. The summed E-state index contributed by atoms with van der Waals surface area (Å²) in [4.78, 5) is 4.56. The van der Waals surface area contributed by atoms with Gasteiger partial charge in [-0.3, -0.25) is 0 Å². The topological polar surface area (TPSA) is 64.1 Å². The predicted octanol–water partition coefficient (Wildman–Crippen LogP) is 2.79. The summed E-state index contributed by atoms with van der Waals surface area (Å²) >= 11 is 5.02. The Balaban J connectivity index is 2.21. The Morgan fingerprint density at radius 3 is 2.78 bits per heavy atom. The lowest BCUT2D eigenvalue weighted by Crippen LogP contribution is -2.15. The highest BCUT2D eigenvalue weighted by Crippen LogP contribution is 2.22. The van der Waals surface area contributed by atoms with Crippen LogP contribution < -0.4 is 11.1 Å². The van der Waals surface area contributed by atoms with Crippen molar-refractivity contribution in [3.8, 4) is 0 Å². The number of para-hydroxylation sites is 1. The van der Waals surface area contributed by atoms with Crippen molar-refractivity contribution in [2.45, 2.75) is 19.9 Å². The molecule has 0 spiro atoms. The van der Waals surface area contributed by atoms with Gasteiger partial charge in [-0.05, 0) is 26.0 Å². The molecule has 1 unspecified atom stereocenters. The molecule has 94 valence electrons. The number of oxazole rings is 1. The zero-order valence-electron chi connectivity index (χ0n) is 10.3. The van der Waals surface area contributed by atoms with Gasteiger partial charge in [-0.1, -0.05) is 24.4 Å². The lowest BCUT2D eigenvalue weighted by molar-refractivity contribution is 0.453. The first kappa shape index (κ1) is 12.6. The molecule has 0 aliphatic carbocycles. The zero-order valence-corrected chi connectivity index (χ0v) is 11.1. The van der Waals surface area contributed by atoms with Crippen molar-refractivity contribution < 1.29 is 4.42 Å². The van der Waals surface area contributed by atoms with Crippen LogP contribution in [0.4, 0.5) is 5.69 Å². The smallest absolute Gasteiger partial charge is 0.216 e. The maximum absolute atomic E-state index is 5.69. The van der Waals surface area contributed by atoms with E-state index in [1.54, 1.807) is 6.20 Å². The molecule has 0 aliphatic heterocycles. The lowest BCUT2D eigenvalue weighted by Gasteiger charge is -2.15. The number of rotatable bonds is 4. The molecule has 0 aliphatic rings. The van der Waals surface area contributed by atoms with Gasteiger partial charge in [0.15, 0.2) is 0 Å². The molecule has 5 heteroatoms. The molecule has 1 aromatic carbocycles. The van der Waals surface area contributed by atoms with Crippen LogP contribution >= 0.6 is 12.2 Å². The Labute approximate surface area is 111 Å². The fraction of sp³-hybridized carbons (Fsp3) is 0.231. The second-order valence-corrected chi connectivity index (χ2v) is 4.52. The number of nitrogens with two attached hydrogens (primary N) is 1. The average molecular weight is 261 g/mol. The first-order chi connectivity index (χ1) is 8.58. The van der Waals surface area contributed by atoms with E-state index < -0.39 is 0 Å². The lowest BCUT2D eigenvalue weighted by atomic mass is 10.1. The number of aromatic nitrogens is 1. The minimum atomic E-state index is -0.0470. The van der Waals surface area contributed by atoms with Crippen LogP contribution in [0.2, 0.25) is 0 Å². The van der Waals surface area contributed by atoms with Gasteiger partial charge in [-0.25, -0.2) is 4.98 Å². The number of hydrogen-bond donors (Lipinski definition) is 2. The van der Waals surface area contributed by atoms with Crippen molar-refractivity contribution in [2.75, 3.05) is 5.32 Å². The Bertz CT molecular complexity index is 565. The largest absolute Gasteiger partial charge is 0.444 e. The van der Waals surface area contributed by atoms with E-state index in [-0.39, 0.29) is 6.04 Å². The molecule has 1 aromatic heterocycles. The molecule has 1 atom stereocenters. The fourth-order valence-corrected chi connectivity index (χ4v) is 1.87. The molecule has 2 aromatic rings. The molecular weight excluding hydrogens is 246 g/mol. The second-order valence-electron chi connectivity index (χ2n) is 4.09. The number of aryl methyl sites for hydroxylation is 1. The van der Waals surface area contributed by atoms with Crippen molar-refractivity contribution in [3.05, 3.63) is 47.7 Å². The Hall–Kier alpha value is -1.88. The molecule has 2 rings (SSSR count). The van der Waals surface area contributed by atoms with Crippen LogP contribution in [0.3, 0.4) is 0 Å². The third-order valence-electron chi connectivity index (χ3n) is 2.57. The summed E-state index contributed by atoms with van der Waals surface area (Å²) in [5, 5.41) is 3.30. The number of hydrogen-bond acceptors (Lipinski definition) is 4. The summed E-state index contributed by atoms with van der Waals surface area (Å²) in [6.45, 7) is 3.84. The molecule has 0 saturated heterocycles. The summed E-state index contributed by atoms with van der Waals surface area (Å²) in [6.07, 6.45) is 1.70. The fourth-order valence-electron chi connectivity index (χ4n) is 1.69. The Morgan fingerprint density at radius 1 is 1.44 bits per heavy atom. The van der Waals surface area contributed by atoms with Crippen LogP contribution in [0, 0.1) is 6.92 Å². The van der Waals surface area contributed by atoms with E-state index in [1.807, 2.05) is 38.1 Å². The van der Waals surface area contributed by atoms with Gasteiger partial charge < -0.3 is 15.5 Å². The minimum Gasteiger partial charge on any atom is -0.444 e. The van der Waals surface area contributed by atoms with E-state index in [1.165, 1.54) is 0 Å². The highest BCUT2D eigenvalue weighted by atomic mass is 32.1. The summed E-state index contributed by atoms with van der Waals surface area (Å²) in [5.41, 5.74) is 7.39. The van der Waals surface area contributed by atoms with E-state index in [9.17, 15) is 0 Å². The molecule has 0 amide bonds. The van der Waals surface area contributed by atoms with Gasteiger partial charge in [0.2, 0.25) is 5.89 Å². The zero-order chi connectivity index (χ0) is 13.1. The van der Waals surface area contributed by atoms with Gasteiger partial charge >= 0.3 is 0 Å². The van der Waals surface area contributed by atoms with E-state index in [2.05, 4.69) is 10.3 Å². The molecule has 1 heterocycles. The van der Waals surface area contributed by atoms with Crippen molar-refractivity contribution in [3.63, 3.8) is 0 Å². The Kier molecular flexibility index (Phi) is 3.62. The highest BCUT2D eigenvalue weighted by Gasteiger charge is 2.13. The van der Waals surface area contributed by atoms with Crippen LogP contribution in [0.25, 0.3) is 0 Å². The van der Waals surface area contributed by atoms with Crippen LogP contribution in [0.15, 0.2) is 34.9 Å². The third kappa shape index (κ3) is 2.68. The van der Waals surface area contributed by atoms with Gasteiger partial charge in [-0.15, -0.1) is 0 Å². The molecular formula is C13H15N3OS. The molecule has 0 bridgehead atoms. The molecule has 3 N–H and O–H groups in total. The van der Waals surface area contributed by atoms with E-state index in [0.29, 0.717) is 10.9 Å². The summed E-state index contributed by atoms with van der Waals surface area (Å²) < 4.78 is 5.48. The quantitative estimate of drug-likeness (QED) is 0.829. The third-order valence-corrected chi connectivity index (χ3v) is 2.79. The first-order valence-electron chi connectivity index (χ1n) is 5.65. The van der Waals surface area contributed by atoms with Crippen LogP contribution in [-0.2, 0) is 0 Å². The number of nitrogens with zero attached hydrogens (tertiary/aromatic N) is 1. The molecule has 0 radical (unpaired) electrons. The summed E-state index contributed by atoms with van der Waals surface area (Å²) in [5.74, 6) is 1.44. The second kappa shape index (κ2) is 5.18. The van der Waals surface area contributed by atoms with Crippen molar-refractivity contribution in [1.29, 1.82) is 0 Å². The summed E-state index contributed by atoms with van der Waals surface area (Å²) in [7, 11) is 0. The maximum Gasteiger partial charge on any atom is 0.216 e. The van der Waals surface area contributed by atoms with Crippen LogP contribution in [-0.4, -0.2) is 9.97 Å². The Morgan fingerprint density at radius 2 is 2.17 bits per heavy atom. The number of thiocarbonyl (C=S) groups is 1. The van der Waals surface area contributed by atoms with Crippen molar-refractivity contribution in [1.82, 2.24) is 4.98 Å². The number of benzene rings is 1. The maximum atomic E-state index is 5.69. The van der Waals surface area contributed by atoms with E-state index in [4.69, 9.17) is 22.4 Å². The van der Waals surface area contributed by atoms with Gasteiger partial charge in [-0.2, -0.15) is 0 Å². The average Bonchev–Trinajstić information content (AvgIpc) is 2.76. The van der Waals surface area contributed by atoms with Gasteiger partial charge in [0.1, 0.15) is 16.8 Å². The van der Waals surface area contributed by atoms with Gasteiger partial charge in [0.05, 0.1) is 6.20 Å². The number of nitrogens with one attached hydrogen (secondary N) is 1.